The molecular formula is C16H18N4O2. The third kappa shape index (κ3) is 3.39. The highest BCUT2D eigenvalue weighted by Crippen LogP contribution is 2.18. The number of carbonyl (C=O) groups excluding carboxylic acids is 1. The number of hydrogen-bond donors (Lipinski definition) is 0. The molecule has 2 aromatic heterocycles. The largest absolute Gasteiger partial charge is 0.473 e. The van der Waals surface area contributed by atoms with Crippen LogP contribution in [0.25, 0.3) is 0 Å². The molecule has 0 spiro atoms. The molecule has 114 valence electrons. The summed E-state index contributed by atoms with van der Waals surface area (Å²) in [6.45, 7) is 3.24. The molecule has 0 aromatic carbocycles. The Labute approximate surface area is 129 Å². The summed E-state index contributed by atoms with van der Waals surface area (Å²) >= 11 is 0. The van der Waals surface area contributed by atoms with Crippen molar-refractivity contribution in [1.29, 1.82) is 0 Å². The second kappa shape index (κ2) is 6.51. The van der Waals surface area contributed by atoms with E-state index in [0.29, 0.717) is 24.5 Å². The Bertz CT molecular complexity index is 622. The first-order valence-corrected chi connectivity index (χ1v) is 7.38. The number of nitrogens with zero attached hydrogens (tertiary/aromatic N) is 4. The number of carbonyl (C=O) groups is 1. The summed E-state index contributed by atoms with van der Waals surface area (Å²) in [5, 5.41) is 7.99. The maximum absolute atomic E-state index is 12.3. The number of ether oxygens (including phenoxy) is 1. The Kier molecular flexibility index (Phi) is 4.27. The van der Waals surface area contributed by atoms with Gasteiger partial charge >= 0.3 is 0 Å². The third-order valence-corrected chi connectivity index (χ3v) is 3.70. The number of hydrogen-bond acceptors (Lipinski definition) is 5. The second-order valence-corrected chi connectivity index (χ2v) is 5.36. The lowest BCUT2D eigenvalue weighted by Gasteiger charge is -2.31. The number of piperidine rings is 1. The Morgan fingerprint density at radius 2 is 2.05 bits per heavy atom. The van der Waals surface area contributed by atoms with Crippen LogP contribution in [-0.2, 0) is 0 Å². The van der Waals surface area contributed by atoms with Gasteiger partial charge in [-0.2, -0.15) is 5.10 Å². The van der Waals surface area contributed by atoms with Crippen LogP contribution < -0.4 is 4.74 Å². The van der Waals surface area contributed by atoms with Crippen LogP contribution in [0.3, 0.4) is 0 Å². The van der Waals surface area contributed by atoms with Crippen molar-refractivity contribution >= 4 is 5.91 Å². The number of rotatable bonds is 3. The molecule has 3 heterocycles. The van der Waals surface area contributed by atoms with Crippen molar-refractivity contribution in [3.8, 4) is 5.88 Å². The second-order valence-electron chi connectivity index (χ2n) is 5.36. The van der Waals surface area contributed by atoms with E-state index in [9.17, 15) is 4.79 Å². The predicted octanol–water partition coefficient (Wildman–Crippen LogP) is 1.86. The number of aromatic nitrogens is 3. The van der Waals surface area contributed by atoms with Crippen LogP contribution in [0.4, 0.5) is 0 Å². The van der Waals surface area contributed by atoms with Gasteiger partial charge in [-0.25, -0.2) is 0 Å². The third-order valence-electron chi connectivity index (χ3n) is 3.70. The van der Waals surface area contributed by atoms with E-state index in [2.05, 4.69) is 15.2 Å². The summed E-state index contributed by atoms with van der Waals surface area (Å²) in [6, 6.07) is 7.28. The summed E-state index contributed by atoms with van der Waals surface area (Å²) < 4.78 is 5.82. The number of amides is 1. The average molecular weight is 298 g/mol. The molecule has 0 aliphatic carbocycles. The van der Waals surface area contributed by atoms with E-state index in [4.69, 9.17) is 4.74 Å². The zero-order valence-electron chi connectivity index (χ0n) is 12.5. The monoisotopic (exact) mass is 298 g/mol. The van der Waals surface area contributed by atoms with Crippen molar-refractivity contribution in [2.24, 2.45) is 0 Å². The van der Waals surface area contributed by atoms with Gasteiger partial charge in [0.1, 0.15) is 6.10 Å². The Hall–Kier alpha value is -2.50. The number of pyridine rings is 1. The van der Waals surface area contributed by atoms with Gasteiger partial charge in [0.25, 0.3) is 5.91 Å². The Morgan fingerprint density at radius 1 is 1.23 bits per heavy atom. The summed E-state index contributed by atoms with van der Waals surface area (Å²) in [5.41, 5.74) is 1.50. The zero-order valence-corrected chi connectivity index (χ0v) is 12.5. The molecule has 0 N–H and O–H groups in total. The normalized spacial score (nSPS) is 15.6. The van der Waals surface area contributed by atoms with E-state index in [1.54, 1.807) is 24.5 Å². The first-order chi connectivity index (χ1) is 10.7. The van der Waals surface area contributed by atoms with Crippen LogP contribution in [0.15, 0.2) is 36.7 Å². The van der Waals surface area contributed by atoms with Crippen LogP contribution in [0.1, 0.15) is 28.9 Å². The summed E-state index contributed by atoms with van der Waals surface area (Å²) in [6.07, 6.45) is 4.94. The molecule has 1 saturated heterocycles. The van der Waals surface area contributed by atoms with Gasteiger partial charge in [0.2, 0.25) is 5.88 Å². The molecule has 0 saturated carbocycles. The lowest BCUT2D eigenvalue weighted by molar-refractivity contribution is 0.0585. The van der Waals surface area contributed by atoms with Crippen LogP contribution in [0.2, 0.25) is 0 Å². The van der Waals surface area contributed by atoms with E-state index in [1.807, 2.05) is 24.0 Å². The van der Waals surface area contributed by atoms with E-state index in [1.165, 1.54) is 0 Å². The SMILES string of the molecule is Cc1ccc(OC2CCN(C(=O)c3cccnc3)CC2)nn1. The molecule has 1 amide bonds. The molecule has 6 nitrogen and oxygen atoms in total. The van der Waals surface area contributed by atoms with Gasteiger partial charge in [-0.3, -0.25) is 9.78 Å². The van der Waals surface area contributed by atoms with Gasteiger partial charge in [-0.1, -0.05) is 0 Å². The minimum absolute atomic E-state index is 0.0293. The molecule has 0 bridgehead atoms. The lowest BCUT2D eigenvalue weighted by Crippen LogP contribution is -2.41. The molecule has 0 radical (unpaired) electrons. The fourth-order valence-electron chi connectivity index (χ4n) is 2.47. The van der Waals surface area contributed by atoms with Crippen molar-refractivity contribution in [3.63, 3.8) is 0 Å². The van der Waals surface area contributed by atoms with Gasteiger partial charge in [0.15, 0.2) is 0 Å². The summed E-state index contributed by atoms with van der Waals surface area (Å²) in [4.78, 5) is 18.2. The fourth-order valence-corrected chi connectivity index (χ4v) is 2.47. The Morgan fingerprint density at radius 3 is 2.68 bits per heavy atom. The van der Waals surface area contributed by atoms with Gasteiger partial charge in [-0.05, 0) is 25.1 Å². The topological polar surface area (TPSA) is 68.2 Å². The van der Waals surface area contributed by atoms with Crippen molar-refractivity contribution in [3.05, 3.63) is 47.9 Å². The zero-order chi connectivity index (χ0) is 15.4. The van der Waals surface area contributed by atoms with E-state index in [-0.39, 0.29) is 12.0 Å². The van der Waals surface area contributed by atoms with Gasteiger partial charge in [0.05, 0.1) is 11.3 Å². The number of aryl methyl sites for hydroxylation is 1. The maximum Gasteiger partial charge on any atom is 0.255 e. The average Bonchev–Trinajstić information content (AvgIpc) is 2.58. The van der Waals surface area contributed by atoms with Crippen molar-refractivity contribution < 1.29 is 9.53 Å². The maximum atomic E-state index is 12.3. The molecule has 0 unspecified atom stereocenters. The first-order valence-electron chi connectivity index (χ1n) is 7.38. The standard InChI is InChI=1S/C16H18N4O2/c1-12-4-5-15(19-18-12)22-14-6-9-20(10-7-14)16(21)13-3-2-8-17-11-13/h2-5,8,11,14H,6-7,9-10H2,1H3. The molecule has 22 heavy (non-hydrogen) atoms. The summed E-state index contributed by atoms with van der Waals surface area (Å²) in [7, 11) is 0. The Balaban J connectivity index is 1.54. The quantitative estimate of drug-likeness (QED) is 0.865. The molecule has 0 atom stereocenters. The van der Waals surface area contributed by atoms with Crippen molar-refractivity contribution in [2.45, 2.75) is 25.9 Å². The number of likely N-dealkylation sites (tertiary alicyclic amines) is 1. The molecule has 1 fully saturated rings. The molecule has 6 heteroatoms. The molecular weight excluding hydrogens is 280 g/mol. The van der Waals surface area contributed by atoms with Crippen LogP contribution >= 0.6 is 0 Å². The highest BCUT2D eigenvalue weighted by molar-refractivity contribution is 5.93. The molecule has 1 aliphatic heterocycles. The molecule has 3 rings (SSSR count). The van der Waals surface area contributed by atoms with Gasteiger partial charge < -0.3 is 9.64 Å². The smallest absolute Gasteiger partial charge is 0.255 e. The first kappa shape index (κ1) is 14.4. The van der Waals surface area contributed by atoms with E-state index < -0.39 is 0 Å². The van der Waals surface area contributed by atoms with E-state index >= 15 is 0 Å². The van der Waals surface area contributed by atoms with Crippen molar-refractivity contribution in [1.82, 2.24) is 20.1 Å². The van der Waals surface area contributed by atoms with Crippen molar-refractivity contribution in [2.75, 3.05) is 13.1 Å². The van der Waals surface area contributed by atoms with Crippen LogP contribution in [-0.4, -0.2) is 45.2 Å². The molecule has 1 aliphatic rings. The minimum Gasteiger partial charge on any atom is -0.473 e. The van der Waals surface area contributed by atoms with Crippen LogP contribution in [0, 0.1) is 6.92 Å². The highest BCUT2D eigenvalue weighted by Gasteiger charge is 2.25. The van der Waals surface area contributed by atoms with Gasteiger partial charge in [0, 0.05) is 44.4 Å². The summed E-state index contributed by atoms with van der Waals surface area (Å²) in [5.74, 6) is 0.573. The van der Waals surface area contributed by atoms with E-state index in [0.717, 1.165) is 18.5 Å². The lowest BCUT2D eigenvalue weighted by atomic mass is 10.1. The minimum atomic E-state index is 0.0293. The fraction of sp³-hybridized carbons (Fsp3) is 0.375. The van der Waals surface area contributed by atoms with Crippen LogP contribution in [0.5, 0.6) is 5.88 Å². The molecule has 2 aromatic rings. The predicted molar refractivity (Wildman–Crippen MR) is 80.6 cm³/mol. The van der Waals surface area contributed by atoms with Gasteiger partial charge in [-0.15, -0.1) is 5.10 Å². The highest BCUT2D eigenvalue weighted by atomic mass is 16.5.